The van der Waals surface area contributed by atoms with Gasteiger partial charge in [-0.2, -0.15) is 0 Å². The van der Waals surface area contributed by atoms with E-state index in [-0.39, 0.29) is 20.9 Å². The molecule has 0 aromatic heterocycles. The molecule has 3 heterocycles. The lowest BCUT2D eigenvalue weighted by atomic mass is 9.86. The van der Waals surface area contributed by atoms with Gasteiger partial charge in [-0.05, 0) is 30.3 Å². The van der Waals surface area contributed by atoms with Crippen molar-refractivity contribution in [3.8, 4) is 0 Å². The van der Waals surface area contributed by atoms with Crippen LogP contribution in [0.15, 0.2) is 11.6 Å². The van der Waals surface area contributed by atoms with Crippen molar-refractivity contribution in [2.75, 3.05) is 0 Å². The Balaban J connectivity index is 2.22. The standard InChI is InChI=1S/C14H22O2S2/c1-8(2)5-6-10-11(7-9(3)4)12(15)14-17-13(10)18(14)16/h6,8-9,11,13-14H,5,7H2,1-4H3/b10-6-/t11-,13+,14-,18?/m1/s1. The van der Waals surface area contributed by atoms with Gasteiger partial charge in [-0.25, -0.2) is 0 Å². The maximum atomic E-state index is 12.3. The average molecular weight is 286 g/mol. The fourth-order valence-corrected chi connectivity index (χ4v) is 5.97. The van der Waals surface area contributed by atoms with E-state index < -0.39 is 10.8 Å². The van der Waals surface area contributed by atoms with Crippen LogP contribution in [0, 0.1) is 17.8 Å². The van der Waals surface area contributed by atoms with Crippen molar-refractivity contribution in [3.63, 3.8) is 0 Å². The van der Waals surface area contributed by atoms with Gasteiger partial charge in [0.25, 0.3) is 0 Å². The van der Waals surface area contributed by atoms with E-state index in [4.69, 9.17) is 0 Å². The Bertz CT molecular complexity index is 399. The van der Waals surface area contributed by atoms with Crippen LogP contribution in [0.3, 0.4) is 0 Å². The lowest BCUT2D eigenvalue weighted by Crippen LogP contribution is -2.52. The highest BCUT2D eigenvalue weighted by atomic mass is 32.3. The number of allylic oxidation sites excluding steroid dienone is 1. The second kappa shape index (κ2) is 5.49. The molecule has 0 spiro atoms. The van der Waals surface area contributed by atoms with Gasteiger partial charge >= 0.3 is 0 Å². The lowest BCUT2D eigenvalue weighted by molar-refractivity contribution is -0.120. The second-order valence-electron chi connectivity index (χ2n) is 6.05. The summed E-state index contributed by atoms with van der Waals surface area (Å²) in [6.45, 7) is 8.65. The SMILES string of the molecule is CC(C)C/C=C1\[C@H]2S[C@@H](C(=O)[C@@H]1CC(C)C)S2=O. The molecular weight excluding hydrogens is 264 g/mol. The molecule has 0 amide bonds. The molecule has 0 saturated carbocycles. The number of carbonyl (C=O) groups is 1. The van der Waals surface area contributed by atoms with E-state index in [0.717, 1.165) is 18.4 Å². The normalized spacial score (nSPS) is 37.4. The van der Waals surface area contributed by atoms with Crippen molar-refractivity contribution in [1.29, 1.82) is 0 Å². The molecule has 0 aromatic carbocycles. The predicted octanol–water partition coefficient (Wildman–Crippen LogP) is 3.35. The third-order valence-electron chi connectivity index (χ3n) is 3.45. The molecule has 0 N–H and O–H groups in total. The molecule has 3 saturated heterocycles. The first-order valence-corrected chi connectivity index (χ1v) is 8.92. The fourth-order valence-electron chi connectivity index (χ4n) is 2.50. The lowest BCUT2D eigenvalue weighted by Gasteiger charge is -2.44. The maximum absolute atomic E-state index is 12.3. The van der Waals surface area contributed by atoms with Crippen molar-refractivity contribution in [3.05, 3.63) is 11.6 Å². The molecule has 0 aliphatic carbocycles. The molecule has 3 aliphatic heterocycles. The Morgan fingerprint density at radius 2 is 1.89 bits per heavy atom. The predicted molar refractivity (Wildman–Crippen MR) is 78.8 cm³/mol. The fraction of sp³-hybridized carbons (Fsp3) is 0.786. The van der Waals surface area contributed by atoms with Crippen molar-refractivity contribution in [1.82, 2.24) is 0 Å². The van der Waals surface area contributed by atoms with Crippen LogP contribution >= 0.6 is 11.8 Å². The Labute approximate surface area is 116 Å². The topological polar surface area (TPSA) is 34.1 Å². The van der Waals surface area contributed by atoms with Gasteiger partial charge in [-0.15, -0.1) is 11.8 Å². The smallest absolute Gasteiger partial charge is 0.165 e. The van der Waals surface area contributed by atoms with Crippen LogP contribution in [-0.4, -0.2) is 19.2 Å². The molecule has 3 rings (SSSR count). The Kier molecular flexibility index (Phi) is 4.37. The minimum absolute atomic E-state index is 0.0395. The summed E-state index contributed by atoms with van der Waals surface area (Å²) < 4.78 is 11.8. The third kappa shape index (κ3) is 2.60. The van der Waals surface area contributed by atoms with Crippen LogP contribution in [-0.2, 0) is 15.6 Å². The minimum Gasteiger partial charge on any atom is -0.297 e. The molecule has 3 aliphatic rings. The molecule has 2 nitrogen and oxygen atoms in total. The highest BCUT2D eigenvalue weighted by Crippen LogP contribution is 2.52. The molecule has 4 atom stereocenters. The summed E-state index contributed by atoms with van der Waals surface area (Å²) in [5.74, 6) is 1.35. The van der Waals surface area contributed by atoms with Crippen LogP contribution in [0.4, 0.5) is 0 Å². The molecule has 102 valence electrons. The van der Waals surface area contributed by atoms with Gasteiger partial charge in [0, 0.05) is 5.92 Å². The third-order valence-corrected chi connectivity index (χ3v) is 7.60. The zero-order chi connectivity index (χ0) is 13.4. The van der Waals surface area contributed by atoms with Gasteiger partial charge < -0.3 is 0 Å². The summed E-state index contributed by atoms with van der Waals surface area (Å²) in [6.07, 6.45) is 4.09. The first-order chi connectivity index (χ1) is 8.41. The summed E-state index contributed by atoms with van der Waals surface area (Å²) in [5, 5.41) is 0. The van der Waals surface area contributed by atoms with Crippen LogP contribution in [0.2, 0.25) is 0 Å². The summed E-state index contributed by atoms with van der Waals surface area (Å²) in [5.41, 5.74) is 1.16. The minimum atomic E-state index is -0.953. The molecular formula is C14H22O2S2. The summed E-state index contributed by atoms with van der Waals surface area (Å²) >= 11 is 1.60. The van der Waals surface area contributed by atoms with Crippen LogP contribution in [0.1, 0.15) is 40.5 Å². The van der Waals surface area contributed by atoms with Gasteiger partial charge in [0.15, 0.2) is 5.78 Å². The summed E-state index contributed by atoms with van der Waals surface area (Å²) in [6, 6.07) is 0. The van der Waals surface area contributed by atoms with Crippen LogP contribution in [0.5, 0.6) is 0 Å². The van der Waals surface area contributed by atoms with Crippen LogP contribution < -0.4 is 0 Å². The molecule has 3 fully saturated rings. The molecule has 18 heavy (non-hydrogen) atoms. The molecule has 4 heteroatoms. The Morgan fingerprint density at radius 3 is 2.39 bits per heavy atom. The Morgan fingerprint density at radius 1 is 1.22 bits per heavy atom. The van der Waals surface area contributed by atoms with E-state index >= 15 is 0 Å². The molecule has 0 radical (unpaired) electrons. The highest BCUT2D eigenvalue weighted by molar-refractivity contribution is 8.28. The van der Waals surface area contributed by atoms with E-state index in [1.165, 1.54) is 0 Å². The van der Waals surface area contributed by atoms with Crippen molar-refractivity contribution in [2.45, 2.75) is 49.7 Å². The van der Waals surface area contributed by atoms with E-state index in [1.807, 2.05) is 0 Å². The van der Waals surface area contributed by atoms with Crippen molar-refractivity contribution >= 4 is 28.3 Å². The van der Waals surface area contributed by atoms with Gasteiger partial charge in [0.2, 0.25) is 0 Å². The second-order valence-corrected chi connectivity index (χ2v) is 9.46. The number of carbonyl (C=O) groups excluding carboxylic acids is 1. The summed E-state index contributed by atoms with van der Waals surface area (Å²) in [4.78, 5) is 12.3. The van der Waals surface area contributed by atoms with E-state index in [0.29, 0.717) is 11.8 Å². The molecule has 1 unspecified atom stereocenters. The van der Waals surface area contributed by atoms with Gasteiger partial charge in [0.05, 0.1) is 10.8 Å². The number of ketones is 1. The monoisotopic (exact) mass is 286 g/mol. The molecule has 2 bridgehead atoms. The van der Waals surface area contributed by atoms with Gasteiger partial charge in [-0.3, -0.25) is 9.00 Å². The molecule has 0 aromatic rings. The average Bonchev–Trinajstić information content (AvgIpc) is 2.27. The number of hydrogen-bond donors (Lipinski definition) is 0. The highest BCUT2D eigenvalue weighted by Gasteiger charge is 2.54. The largest absolute Gasteiger partial charge is 0.297 e. The van der Waals surface area contributed by atoms with E-state index in [2.05, 4.69) is 33.8 Å². The number of fused-ring (bicyclic) bond motifs is 2. The van der Waals surface area contributed by atoms with Gasteiger partial charge in [0.1, 0.15) is 9.16 Å². The van der Waals surface area contributed by atoms with Crippen molar-refractivity contribution < 1.29 is 9.00 Å². The zero-order valence-electron chi connectivity index (χ0n) is 11.5. The number of thioether (sulfide) groups is 1. The summed E-state index contributed by atoms with van der Waals surface area (Å²) in [7, 11) is -0.953. The first-order valence-electron chi connectivity index (χ1n) is 6.70. The zero-order valence-corrected chi connectivity index (χ0v) is 13.1. The van der Waals surface area contributed by atoms with Crippen LogP contribution in [0.25, 0.3) is 0 Å². The number of hydrogen-bond acceptors (Lipinski definition) is 3. The Hall–Kier alpha value is -0.0900. The van der Waals surface area contributed by atoms with E-state index in [9.17, 15) is 9.00 Å². The number of Topliss-reactive ketones (excluding diaryl/α,β-unsaturated/α-hetero) is 1. The number of rotatable bonds is 4. The maximum Gasteiger partial charge on any atom is 0.165 e. The van der Waals surface area contributed by atoms with Crippen molar-refractivity contribution in [2.24, 2.45) is 17.8 Å². The van der Waals surface area contributed by atoms with Gasteiger partial charge in [-0.1, -0.05) is 33.8 Å². The van der Waals surface area contributed by atoms with E-state index in [1.54, 1.807) is 11.8 Å². The quantitative estimate of drug-likeness (QED) is 0.743. The first kappa shape index (κ1) is 14.3.